The number of halogens is 1. The maximum Gasteiger partial charge on any atom is 0.226 e. The van der Waals surface area contributed by atoms with Crippen LogP contribution in [0.15, 0.2) is 36.5 Å². The van der Waals surface area contributed by atoms with Crippen LogP contribution in [0.1, 0.15) is 32.4 Å². The first-order valence-corrected chi connectivity index (χ1v) is 6.56. The summed E-state index contributed by atoms with van der Waals surface area (Å²) in [7, 11) is 0. The summed E-state index contributed by atoms with van der Waals surface area (Å²) in [6, 6.07) is 8.04. The van der Waals surface area contributed by atoms with Gasteiger partial charge in [-0.15, -0.1) is 0 Å². The van der Waals surface area contributed by atoms with Crippen LogP contribution in [0.2, 0.25) is 0 Å². The smallest absolute Gasteiger partial charge is 0.226 e. The second-order valence-corrected chi connectivity index (χ2v) is 4.80. The van der Waals surface area contributed by atoms with Gasteiger partial charge in [-0.1, -0.05) is 12.1 Å². The molecule has 2 aromatic rings. The minimum atomic E-state index is -0.246. The normalized spacial score (nSPS) is 12.2. The molecular weight excluding hydrogens is 257 g/mol. The molecule has 2 rings (SSSR count). The summed E-state index contributed by atoms with van der Waals surface area (Å²) < 4.78 is 18.4. The highest BCUT2D eigenvalue weighted by Gasteiger charge is 2.08. The highest BCUT2D eigenvalue weighted by molar-refractivity contribution is 5.33. The highest BCUT2D eigenvalue weighted by atomic mass is 19.1. The van der Waals surface area contributed by atoms with E-state index in [9.17, 15) is 4.39 Å². The molecule has 0 spiro atoms. The summed E-state index contributed by atoms with van der Waals surface area (Å²) in [5, 5.41) is 3.17. The topological polar surface area (TPSA) is 47.0 Å². The van der Waals surface area contributed by atoms with Crippen molar-refractivity contribution >= 4 is 5.95 Å². The van der Waals surface area contributed by atoms with E-state index in [1.807, 2.05) is 20.8 Å². The van der Waals surface area contributed by atoms with Gasteiger partial charge in [0.2, 0.25) is 11.8 Å². The van der Waals surface area contributed by atoms with Gasteiger partial charge in [0.15, 0.2) is 0 Å². The second-order valence-electron chi connectivity index (χ2n) is 4.80. The third-order valence-corrected chi connectivity index (χ3v) is 2.70. The van der Waals surface area contributed by atoms with Gasteiger partial charge >= 0.3 is 0 Å². The molecule has 0 saturated carbocycles. The molecule has 0 aliphatic carbocycles. The lowest BCUT2D eigenvalue weighted by molar-refractivity contribution is 0.232. The zero-order chi connectivity index (χ0) is 14.5. The van der Waals surface area contributed by atoms with Crippen molar-refractivity contribution in [2.45, 2.75) is 32.9 Å². The van der Waals surface area contributed by atoms with E-state index >= 15 is 0 Å². The molecule has 1 atom stereocenters. The number of aromatic nitrogens is 2. The van der Waals surface area contributed by atoms with Gasteiger partial charge in [0.1, 0.15) is 5.82 Å². The van der Waals surface area contributed by atoms with Crippen molar-refractivity contribution in [3.8, 4) is 5.88 Å². The molecule has 0 radical (unpaired) electrons. The van der Waals surface area contributed by atoms with Gasteiger partial charge in [0, 0.05) is 12.3 Å². The molecule has 0 fully saturated rings. The summed E-state index contributed by atoms with van der Waals surface area (Å²) in [5.74, 6) is 0.772. The molecule has 106 valence electrons. The minimum Gasteiger partial charge on any atom is -0.475 e. The largest absolute Gasteiger partial charge is 0.475 e. The van der Waals surface area contributed by atoms with Crippen LogP contribution in [0.4, 0.5) is 10.3 Å². The van der Waals surface area contributed by atoms with Crippen LogP contribution < -0.4 is 10.1 Å². The van der Waals surface area contributed by atoms with E-state index in [2.05, 4.69) is 15.3 Å². The Hall–Kier alpha value is -2.17. The van der Waals surface area contributed by atoms with Crippen LogP contribution in [-0.2, 0) is 0 Å². The minimum absolute atomic E-state index is 0.0232. The van der Waals surface area contributed by atoms with Crippen LogP contribution >= 0.6 is 0 Å². The quantitative estimate of drug-likeness (QED) is 0.906. The Morgan fingerprint density at radius 2 is 1.80 bits per heavy atom. The van der Waals surface area contributed by atoms with E-state index in [-0.39, 0.29) is 18.0 Å². The fraction of sp³-hybridized carbons (Fsp3) is 0.333. The molecule has 1 heterocycles. The lowest BCUT2D eigenvalue weighted by atomic mass is 10.1. The average Bonchev–Trinajstić information content (AvgIpc) is 2.39. The van der Waals surface area contributed by atoms with Crippen molar-refractivity contribution in [2.24, 2.45) is 0 Å². The van der Waals surface area contributed by atoms with E-state index in [0.29, 0.717) is 11.8 Å². The molecule has 0 amide bonds. The Kier molecular flexibility index (Phi) is 4.50. The van der Waals surface area contributed by atoms with Crippen molar-refractivity contribution < 1.29 is 9.13 Å². The predicted molar refractivity (Wildman–Crippen MR) is 76.2 cm³/mol. The Bertz CT molecular complexity index is 557. The number of anilines is 1. The molecule has 1 aromatic heterocycles. The number of ether oxygens (including phenoxy) is 1. The summed E-state index contributed by atoms with van der Waals surface area (Å²) >= 11 is 0. The first-order chi connectivity index (χ1) is 9.54. The van der Waals surface area contributed by atoms with Crippen LogP contribution in [0.3, 0.4) is 0 Å². The maximum absolute atomic E-state index is 12.9. The van der Waals surface area contributed by atoms with Crippen molar-refractivity contribution in [3.05, 3.63) is 47.9 Å². The summed E-state index contributed by atoms with van der Waals surface area (Å²) in [4.78, 5) is 8.43. The van der Waals surface area contributed by atoms with E-state index in [0.717, 1.165) is 5.56 Å². The third-order valence-electron chi connectivity index (χ3n) is 2.70. The second kappa shape index (κ2) is 6.32. The first kappa shape index (κ1) is 14.2. The predicted octanol–water partition coefficient (Wildman–Crippen LogP) is 3.58. The van der Waals surface area contributed by atoms with E-state index < -0.39 is 0 Å². The lowest BCUT2D eigenvalue weighted by Crippen LogP contribution is -2.11. The SMILES string of the molecule is CC(C)Oc1ccnc(NC(C)c2ccc(F)cc2)n1. The molecule has 4 nitrogen and oxygen atoms in total. The molecular formula is C15H18FN3O. The van der Waals surface area contributed by atoms with E-state index in [1.54, 1.807) is 24.4 Å². The molecule has 0 bridgehead atoms. The van der Waals surface area contributed by atoms with Crippen LogP contribution in [-0.4, -0.2) is 16.1 Å². The Morgan fingerprint density at radius 3 is 2.45 bits per heavy atom. The zero-order valence-corrected chi connectivity index (χ0v) is 11.8. The number of nitrogens with zero attached hydrogens (tertiary/aromatic N) is 2. The fourth-order valence-corrected chi connectivity index (χ4v) is 1.75. The molecule has 5 heteroatoms. The molecule has 0 saturated heterocycles. The van der Waals surface area contributed by atoms with Crippen molar-refractivity contribution in [3.63, 3.8) is 0 Å². The number of rotatable bonds is 5. The number of benzene rings is 1. The van der Waals surface area contributed by atoms with Gasteiger partial charge in [-0.3, -0.25) is 0 Å². The standard InChI is InChI=1S/C15H18FN3O/c1-10(2)20-14-8-9-17-15(19-14)18-11(3)12-4-6-13(16)7-5-12/h4-11H,1-3H3,(H,17,18,19). The van der Waals surface area contributed by atoms with Gasteiger partial charge in [0.25, 0.3) is 0 Å². The molecule has 20 heavy (non-hydrogen) atoms. The zero-order valence-electron chi connectivity index (χ0n) is 11.8. The number of hydrogen-bond donors (Lipinski definition) is 1. The molecule has 0 aliphatic rings. The molecule has 1 aromatic carbocycles. The van der Waals surface area contributed by atoms with Crippen molar-refractivity contribution in [2.75, 3.05) is 5.32 Å². The monoisotopic (exact) mass is 275 g/mol. The van der Waals surface area contributed by atoms with Crippen molar-refractivity contribution in [1.82, 2.24) is 9.97 Å². The number of nitrogens with one attached hydrogen (secondary N) is 1. The van der Waals surface area contributed by atoms with E-state index in [1.165, 1.54) is 12.1 Å². The fourth-order valence-electron chi connectivity index (χ4n) is 1.75. The van der Waals surface area contributed by atoms with Gasteiger partial charge in [0.05, 0.1) is 12.1 Å². The molecule has 1 N–H and O–H groups in total. The third kappa shape index (κ3) is 3.91. The van der Waals surface area contributed by atoms with Gasteiger partial charge < -0.3 is 10.1 Å². The molecule has 0 aliphatic heterocycles. The van der Waals surface area contributed by atoms with Crippen molar-refractivity contribution in [1.29, 1.82) is 0 Å². The van der Waals surface area contributed by atoms with Crippen LogP contribution in [0.5, 0.6) is 5.88 Å². The Morgan fingerprint density at radius 1 is 1.10 bits per heavy atom. The Labute approximate surface area is 118 Å². The summed E-state index contributed by atoms with van der Waals surface area (Å²) in [6.45, 7) is 5.85. The summed E-state index contributed by atoms with van der Waals surface area (Å²) in [6.07, 6.45) is 1.71. The van der Waals surface area contributed by atoms with Crippen LogP contribution in [0, 0.1) is 5.82 Å². The van der Waals surface area contributed by atoms with Gasteiger partial charge in [-0.25, -0.2) is 9.37 Å². The van der Waals surface area contributed by atoms with Gasteiger partial charge in [-0.2, -0.15) is 4.98 Å². The maximum atomic E-state index is 12.9. The first-order valence-electron chi connectivity index (χ1n) is 6.56. The molecule has 1 unspecified atom stereocenters. The highest BCUT2D eigenvalue weighted by Crippen LogP contribution is 2.18. The lowest BCUT2D eigenvalue weighted by Gasteiger charge is -2.15. The van der Waals surface area contributed by atoms with Gasteiger partial charge in [-0.05, 0) is 38.5 Å². The Balaban J connectivity index is 2.07. The van der Waals surface area contributed by atoms with Crippen LogP contribution in [0.25, 0.3) is 0 Å². The number of hydrogen-bond acceptors (Lipinski definition) is 4. The average molecular weight is 275 g/mol. The summed E-state index contributed by atoms with van der Waals surface area (Å²) in [5.41, 5.74) is 0.963. The van der Waals surface area contributed by atoms with E-state index in [4.69, 9.17) is 4.74 Å².